The summed E-state index contributed by atoms with van der Waals surface area (Å²) in [5, 5.41) is 0.905. The zero-order valence-corrected chi connectivity index (χ0v) is 12.3. The summed E-state index contributed by atoms with van der Waals surface area (Å²) in [5.41, 5.74) is 7.57. The van der Waals surface area contributed by atoms with Gasteiger partial charge in [0.1, 0.15) is 5.75 Å². The van der Waals surface area contributed by atoms with Crippen molar-refractivity contribution >= 4 is 34.7 Å². The van der Waals surface area contributed by atoms with Gasteiger partial charge < -0.3 is 10.5 Å². The van der Waals surface area contributed by atoms with Crippen LogP contribution in [0.15, 0.2) is 36.4 Å². The zero-order valence-electron chi connectivity index (χ0n) is 10.8. The monoisotopic (exact) mass is 309 g/mol. The van der Waals surface area contributed by atoms with Crippen LogP contribution in [0.3, 0.4) is 0 Å². The van der Waals surface area contributed by atoms with Gasteiger partial charge in [-0.3, -0.25) is 4.79 Å². The number of rotatable bonds is 4. The van der Waals surface area contributed by atoms with Crippen LogP contribution in [-0.2, 0) is 6.42 Å². The number of Topliss-reactive ketones (excluding diaryl/α,β-unsaturated/α-hetero) is 1. The third-order valence-corrected chi connectivity index (χ3v) is 3.64. The molecule has 3 nitrogen and oxygen atoms in total. The molecule has 0 aliphatic heterocycles. The van der Waals surface area contributed by atoms with Crippen LogP contribution < -0.4 is 10.5 Å². The minimum atomic E-state index is -0.0438. The van der Waals surface area contributed by atoms with Gasteiger partial charge in [0, 0.05) is 12.0 Å². The van der Waals surface area contributed by atoms with Gasteiger partial charge in [0.2, 0.25) is 0 Å². The smallest absolute Gasteiger partial charge is 0.167 e. The third-order valence-electron chi connectivity index (χ3n) is 2.90. The first-order valence-electron chi connectivity index (χ1n) is 5.92. The number of hydrogen-bond acceptors (Lipinski definition) is 3. The number of nitrogen functional groups attached to an aromatic ring is 1. The topological polar surface area (TPSA) is 52.3 Å². The Bertz CT molecular complexity index is 656. The SMILES string of the molecule is COc1ccc(C(=O)Cc2ccc(Cl)c(Cl)c2)cc1N. The van der Waals surface area contributed by atoms with Crippen LogP contribution in [0.4, 0.5) is 5.69 Å². The van der Waals surface area contributed by atoms with Gasteiger partial charge in [-0.15, -0.1) is 0 Å². The number of carbonyl (C=O) groups excluding carboxylic acids is 1. The lowest BCUT2D eigenvalue weighted by molar-refractivity contribution is 0.0993. The Morgan fingerprint density at radius 2 is 1.90 bits per heavy atom. The van der Waals surface area contributed by atoms with Crippen molar-refractivity contribution in [3.63, 3.8) is 0 Å². The third kappa shape index (κ3) is 3.24. The average molecular weight is 310 g/mol. The Hall–Kier alpha value is -1.71. The predicted molar refractivity (Wildman–Crippen MR) is 81.9 cm³/mol. The number of methoxy groups -OCH3 is 1. The van der Waals surface area contributed by atoms with Gasteiger partial charge in [-0.1, -0.05) is 29.3 Å². The first-order valence-corrected chi connectivity index (χ1v) is 6.67. The van der Waals surface area contributed by atoms with Crippen LogP contribution in [0.5, 0.6) is 5.75 Å². The maximum Gasteiger partial charge on any atom is 0.167 e. The van der Waals surface area contributed by atoms with Gasteiger partial charge in [0.15, 0.2) is 5.78 Å². The molecule has 104 valence electrons. The van der Waals surface area contributed by atoms with Crippen molar-refractivity contribution in [3.05, 3.63) is 57.6 Å². The molecule has 2 rings (SSSR count). The number of anilines is 1. The van der Waals surface area contributed by atoms with E-state index in [-0.39, 0.29) is 12.2 Å². The van der Waals surface area contributed by atoms with Crippen molar-refractivity contribution < 1.29 is 9.53 Å². The van der Waals surface area contributed by atoms with Crippen LogP contribution in [0.2, 0.25) is 10.0 Å². The van der Waals surface area contributed by atoms with E-state index in [1.807, 2.05) is 0 Å². The van der Waals surface area contributed by atoms with Crippen LogP contribution in [0.1, 0.15) is 15.9 Å². The maximum atomic E-state index is 12.2. The summed E-state index contributed by atoms with van der Waals surface area (Å²) in [6, 6.07) is 10.1. The van der Waals surface area contributed by atoms with Gasteiger partial charge in [0.05, 0.1) is 22.8 Å². The number of ketones is 1. The van der Waals surface area contributed by atoms with E-state index < -0.39 is 0 Å². The number of benzene rings is 2. The Labute approximate surface area is 127 Å². The molecule has 0 unspecified atom stereocenters. The summed E-state index contributed by atoms with van der Waals surface area (Å²) >= 11 is 11.8. The fraction of sp³-hybridized carbons (Fsp3) is 0.133. The van der Waals surface area contributed by atoms with Gasteiger partial charge >= 0.3 is 0 Å². The fourth-order valence-electron chi connectivity index (χ4n) is 1.84. The summed E-state index contributed by atoms with van der Waals surface area (Å²) < 4.78 is 5.06. The van der Waals surface area contributed by atoms with Crippen LogP contribution in [0, 0.1) is 0 Å². The molecule has 0 saturated carbocycles. The second-order valence-corrected chi connectivity index (χ2v) is 5.12. The normalized spacial score (nSPS) is 10.3. The Balaban J connectivity index is 2.19. The van der Waals surface area contributed by atoms with Gasteiger partial charge in [-0.25, -0.2) is 0 Å². The molecular formula is C15H13Cl2NO2. The minimum absolute atomic E-state index is 0.0438. The fourth-order valence-corrected chi connectivity index (χ4v) is 2.17. The number of ether oxygens (including phenoxy) is 1. The van der Waals surface area contributed by atoms with Gasteiger partial charge in [0.25, 0.3) is 0 Å². The molecule has 0 aliphatic rings. The van der Waals surface area contributed by atoms with Gasteiger partial charge in [-0.05, 0) is 35.9 Å². The van der Waals surface area contributed by atoms with Gasteiger partial charge in [-0.2, -0.15) is 0 Å². The Kier molecular flexibility index (Phi) is 4.53. The molecule has 0 aliphatic carbocycles. The molecule has 2 aromatic carbocycles. The van der Waals surface area contributed by atoms with E-state index in [4.69, 9.17) is 33.7 Å². The van der Waals surface area contributed by atoms with Crippen molar-refractivity contribution in [2.75, 3.05) is 12.8 Å². The highest BCUT2D eigenvalue weighted by Gasteiger charge is 2.10. The lowest BCUT2D eigenvalue weighted by atomic mass is 10.0. The molecule has 0 saturated heterocycles. The van der Waals surface area contributed by atoms with E-state index in [0.717, 1.165) is 5.56 Å². The van der Waals surface area contributed by atoms with E-state index in [1.54, 1.807) is 36.4 Å². The molecule has 2 aromatic rings. The summed E-state index contributed by atoms with van der Waals surface area (Å²) in [6.45, 7) is 0. The summed E-state index contributed by atoms with van der Waals surface area (Å²) in [6.07, 6.45) is 0.239. The van der Waals surface area contributed by atoms with E-state index >= 15 is 0 Å². The van der Waals surface area contributed by atoms with Crippen molar-refractivity contribution in [1.82, 2.24) is 0 Å². The molecule has 5 heteroatoms. The number of hydrogen-bond donors (Lipinski definition) is 1. The maximum absolute atomic E-state index is 12.2. The van der Waals surface area contributed by atoms with Crippen molar-refractivity contribution in [2.45, 2.75) is 6.42 Å². The molecule has 0 heterocycles. The molecular weight excluding hydrogens is 297 g/mol. The van der Waals surface area contributed by atoms with Crippen molar-refractivity contribution in [1.29, 1.82) is 0 Å². The van der Waals surface area contributed by atoms with Crippen LogP contribution >= 0.6 is 23.2 Å². The molecule has 0 amide bonds. The second-order valence-electron chi connectivity index (χ2n) is 4.31. The largest absolute Gasteiger partial charge is 0.495 e. The quantitative estimate of drug-likeness (QED) is 0.686. The second kappa shape index (κ2) is 6.16. The Morgan fingerprint density at radius 3 is 2.50 bits per heavy atom. The number of halogens is 2. The molecule has 0 bridgehead atoms. The van der Waals surface area contributed by atoms with Crippen molar-refractivity contribution in [2.24, 2.45) is 0 Å². The molecule has 0 fully saturated rings. The molecule has 20 heavy (non-hydrogen) atoms. The standard InChI is InChI=1S/C15H13Cl2NO2/c1-20-15-5-3-10(8-13(15)18)14(19)7-9-2-4-11(16)12(17)6-9/h2-6,8H,7,18H2,1H3. The van der Waals surface area contributed by atoms with Crippen LogP contribution in [-0.4, -0.2) is 12.9 Å². The molecule has 0 radical (unpaired) electrons. The van der Waals surface area contributed by atoms with E-state index in [0.29, 0.717) is 27.0 Å². The molecule has 0 atom stereocenters. The van der Waals surface area contributed by atoms with E-state index in [2.05, 4.69) is 0 Å². The summed E-state index contributed by atoms with van der Waals surface area (Å²) in [4.78, 5) is 12.2. The van der Waals surface area contributed by atoms with Crippen LogP contribution in [0.25, 0.3) is 0 Å². The van der Waals surface area contributed by atoms with E-state index in [9.17, 15) is 4.79 Å². The summed E-state index contributed by atoms with van der Waals surface area (Å²) in [5.74, 6) is 0.508. The molecule has 0 spiro atoms. The highest BCUT2D eigenvalue weighted by atomic mass is 35.5. The first-order chi connectivity index (χ1) is 9.51. The first kappa shape index (κ1) is 14.7. The molecule has 0 aromatic heterocycles. The highest BCUT2D eigenvalue weighted by Crippen LogP contribution is 2.25. The predicted octanol–water partition coefficient (Wildman–Crippen LogP) is 4.01. The highest BCUT2D eigenvalue weighted by molar-refractivity contribution is 6.42. The average Bonchev–Trinajstić information content (AvgIpc) is 2.42. The summed E-state index contributed by atoms with van der Waals surface area (Å²) in [7, 11) is 1.53. The number of carbonyl (C=O) groups is 1. The lowest BCUT2D eigenvalue weighted by Crippen LogP contribution is -2.05. The zero-order chi connectivity index (χ0) is 14.7. The van der Waals surface area contributed by atoms with Crippen molar-refractivity contribution in [3.8, 4) is 5.75 Å². The number of nitrogens with two attached hydrogens (primary N) is 1. The lowest BCUT2D eigenvalue weighted by Gasteiger charge is -2.07. The minimum Gasteiger partial charge on any atom is -0.495 e. The van der Waals surface area contributed by atoms with E-state index in [1.165, 1.54) is 7.11 Å². The Morgan fingerprint density at radius 1 is 1.15 bits per heavy atom. The molecule has 2 N–H and O–H groups in total.